The Balaban J connectivity index is 1.56. The number of likely N-dealkylation sites (tertiary alicyclic amines) is 1. The zero-order valence-corrected chi connectivity index (χ0v) is 16.3. The summed E-state index contributed by atoms with van der Waals surface area (Å²) in [6.45, 7) is 10.0. The smallest absolute Gasteiger partial charge is 0.251 e. The maximum absolute atomic E-state index is 12.5. The second-order valence-electron chi connectivity index (χ2n) is 7.77. The average molecular weight is 357 g/mol. The first-order chi connectivity index (χ1) is 12.5. The van der Waals surface area contributed by atoms with E-state index in [2.05, 4.69) is 24.1 Å². The van der Waals surface area contributed by atoms with Crippen LogP contribution in [0.3, 0.4) is 0 Å². The highest BCUT2D eigenvalue weighted by Crippen LogP contribution is 2.29. The van der Waals surface area contributed by atoms with Crippen molar-refractivity contribution in [1.29, 1.82) is 0 Å². The summed E-state index contributed by atoms with van der Waals surface area (Å²) in [5.41, 5.74) is 2.75. The maximum Gasteiger partial charge on any atom is 0.251 e. The number of carbonyl (C=O) groups excluding carboxylic acids is 2. The van der Waals surface area contributed by atoms with Gasteiger partial charge in [-0.05, 0) is 69.0 Å². The first-order valence-corrected chi connectivity index (χ1v) is 9.95. The minimum atomic E-state index is -0.0229. The predicted molar refractivity (Wildman–Crippen MR) is 105 cm³/mol. The summed E-state index contributed by atoms with van der Waals surface area (Å²) in [7, 11) is 0. The van der Waals surface area contributed by atoms with E-state index in [0.717, 1.165) is 43.2 Å². The van der Waals surface area contributed by atoms with Gasteiger partial charge in [0.2, 0.25) is 5.91 Å². The van der Waals surface area contributed by atoms with Crippen molar-refractivity contribution in [1.82, 2.24) is 10.2 Å². The largest absolute Gasteiger partial charge is 0.350 e. The second-order valence-corrected chi connectivity index (χ2v) is 7.77. The van der Waals surface area contributed by atoms with Crippen LogP contribution in [-0.2, 0) is 11.2 Å². The molecule has 1 unspecified atom stereocenters. The van der Waals surface area contributed by atoms with Crippen LogP contribution in [0.15, 0.2) is 18.2 Å². The van der Waals surface area contributed by atoms with Gasteiger partial charge in [0.05, 0.1) is 0 Å². The van der Waals surface area contributed by atoms with Crippen LogP contribution in [0.1, 0.15) is 56.0 Å². The van der Waals surface area contributed by atoms with Gasteiger partial charge in [-0.2, -0.15) is 0 Å². The van der Waals surface area contributed by atoms with Gasteiger partial charge >= 0.3 is 0 Å². The lowest BCUT2D eigenvalue weighted by atomic mass is 9.98. The third-order valence-corrected chi connectivity index (χ3v) is 5.84. The molecule has 3 rings (SSSR count). The van der Waals surface area contributed by atoms with Gasteiger partial charge in [-0.15, -0.1) is 0 Å². The zero-order valence-electron chi connectivity index (χ0n) is 16.3. The summed E-state index contributed by atoms with van der Waals surface area (Å²) in [5.74, 6) is 0.939. The molecule has 2 aliphatic heterocycles. The van der Waals surface area contributed by atoms with Crippen LogP contribution in [0.5, 0.6) is 0 Å². The standard InChI is InChI=1S/C21H31N3O2/c1-4-20(25)24-12-9-17-13-18(5-6-19(17)24)21(26)22-14-16(3)23-10-7-15(2)8-11-23/h5-6,13,15-16H,4,7-12,14H2,1-3H3,(H,22,26). The summed E-state index contributed by atoms with van der Waals surface area (Å²) < 4.78 is 0. The fourth-order valence-electron chi connectivity index (χ4n) is 3.93. The molecule has 1 aromatic carbocycles. The topological polar surface area (TPSA) is 52.7 Å². The Morgan fingerprint density at radius 3 is 2.65 bits per heavy atom. The normalized spacial score (nSPS) is 19.3. The molecule has 2 heterocycles. The van der Waals surface area contributed by atoms with Gasteiger partial charge in [0, 0.05) is 36.8 Å². The number of piperidine rings is 1. The van der Waals surface area contributed by atoms with Gasteiger partial charge in [-0.25, -0.2) is 0 Å². The molecule has 1 fully saturated rings. The zero-order chi connectivity index (χ0) is 18.7. The molecule has 2 aliphatic rings. The SMILES string of the molecule is CCC(=O)N1CCc2cc(C(=O)NCC(C)N3CCC(C)CC3)ccc21. The molecule has 1 aromatic rings. The Hall–Kier alpha value is -1.88. The molecular formula is C21H31N3O2. The van der Waals surface area contributed by atoms with Gasteiger partial charge < -0.3 is 10.2 Å². The van der Waals surface area contributed by atoms with Gasteiger partial charge in [0.1, 0.15) is 0 Å². The molecule has 0 spiro atoms. The summed E-state index contributed by atoms with van der Waals surface area (Å²) in [6.07, 6.45) is 3.82. The monoisotopic (exact) mass is 357 g/mol. The number of rotatable bonds is 5. The average Bonchev–Trinajstić information content (AvgIpc) is 3.09. The number of nitrogens with one attached hydrogen (secondary N) is 1. The molecule has 0 radical (unpaired) electrons. The lowest BCUT2D eigenvalue weighted by Gasteiger charge is -2.35. The van der Waals surface area contributed by atoms with E-state index in [1.165, 1.54) is 12.8 Å². The first kappa shape index (κ1) is 18.9. The number of amides is 2. The highest BCUT2D eigenvalue weighted by Gasteiger charge is 2.25. The Labute approximate surface area is 156 Å². The van der Waals surface area contributed by atoms with Crippen LogP contribution in [0.25, 0.3) is 0 Å². The Morgan fingerprint density at radius 2 is 1.96 bits per heavy atom. The molecule has 0 aliphatic carbocycles. The van der Waals surface area contributed by atoms with Crippen LogP contribution in [0.4, 0.5) is 5.69 Å². The van der Waals surface area contributed by atoms with E-state index in [9.17, 15) is 9.59 Å². The van der Waals surface area contributed by atoms with Crippen molar-refractivity contribution in [3.05, 3.63) is 29.3 Å². The quantitative estimate of drug-likeness (QED) is 0.882. The van der Waals surface area contributed by atoms with E-state index < -0.39 is 0 Å². The van der Waals surface area contributed by atoms with Gasteiger partial charge in [0.25, 0.3) is 5.91 Å². The van der Waals surface area contributed by atoms with Crippen molar-refractivity contribution >= 4 is 17.5 Å². The highest BCUT2D eigenvalue weighted by molar-refractivity contribution is 5.98. The molecule has 0 bridgehead atoms. The van der Waals surface area contributed by atoms with E-state index in [-0.39, 0.29) is 11.8 Å². The number of carbonyl (C=O) groups is 2. The highest BCUT2D eigenvalue weighted by atomic mass is 16.2. The predicted octanol–water partition coefficient (Wildman–Crippen LogP) is 2.84. The van der Waals surface area contributed by atoms with E-state index in [1.807, 2.05) is 30.0 Å². The van der Waals surface area contributed by atoms with Gasteiger partial charge in [-0.1, -0.05) is 13.8 Å². The van der Waals surface area contributed by atoms with Crippen molar-refractivity contribution < 1.29 is 9.59 Å². The molecular weight excluding hydrogens is 326 g/mol. The first-order valence-electron chi connectivity index (χ1n) is 9.95. The lowest BCUT2D eigenvalue weighted by molar-refractivity contribution is -0.118. The van der Waals surface area contributed by atoms with Crippen molar-refractivity contribution in [2.24, 2.45) is 5.92 Å². The summed E-state index contributed by atoms with van der Waals surface area (Å²) in [4.78, 5) is 28.8. The van der Waals surface area contributed by atoms with E-state index in [1.54, 1.807) is 0 Å². The number of hydrogen-bond acceptors (Lipinski definition) is 3. The third kappa shape index (κ3) is 4.09. The van der Waals surface area contributed by atoms with Crippen LogP contribution >= 0.6 is 0 Å². The van der Waals surface area contributed by atoms with E-state index in [0.29, 0.717) is 24.6 Å². The van der Waals surface area contributed by atoms with Crippen LogP contribution in [-0.4, -0.2) is 48.9 Å². The molecule has 1 saturated heterocycles. The Morgan fingerprint density at radius 1 is 1.23 bits per heavy atom. The molecule has 0 saturated carbocycles. The second kappa shape index (κ2) is 8.21. The molecule has 1 atom stereocenters. The van der Waals surface area contributed by atoms with E-state index in [4.69, 9.17) is 0 Å². The van der Waals surface area contributed by atoms with Crippen molar-refractivity contribution in [2.45, 2.75) is 52.5 Å². The van der Waals surface area contributed by atoms with Crippen LogP contribution in [0.2, 0.25) is 0 Å². The lowest BCUT2D eigenvalue weighted by Crippen LogP contribution is -2.45. The van der Waals surface area contributed by atoms with E-state index >= 15 is 0 Å². The minimum Gasteiger partial charge on any atom is -0.350 e. The fourth-order valence-corrected chi connectivity index (χ4v) is 3.93. The molecule has 1 N–H and O–H groups in total. The molecule has 5 nitrogen and oxygen atoms in total. The van der Waals surface area contributed by atoms with Crippen molar-refractivity contribution in [3.63, 3.8) is 0 Å². The summed E-state index contributed by atoms with van der Waals surface area (Å²) in [5, 5.41) is 3.08. The Kier molecular flexibility index (Phi) is 5.97. The van der Waals surface area contributed by atoms with Crippen LogP contribution in [0, 0.1) is 5.92 Å². The fraction of sp³-hybridized carbons (Fsp3) is 0.619. The molecule has 5 heteroatoms. The minimum absolute atomic E-state index is 0.0229. The number of fused-ring (bicyclic) bond motifs is 1. The molecule has 0 aromatic heterocycles. The number of nitrogens with zero attached hydrogens (tertiary/aromatic N) is 2. The molecule has 142 valence electrons. The van der Waals surface area contributed by atoms with Gasteiger partial charge in [0.15, 0.2) is 0 Å². The molecule has 2 amide bonds. The molecule has 26 heavy (non-hydrogen) atoms. The summed E-state index contributed by atoms with van der Waals surface area (Å²) in [6, 6.07) is 6.06. The van der Waals surface area contributed by atoms with Crippen LogP contribution < -0.4 is 10.2 Å². The van der Waals surface area contributed by atoms with Crippen molar-refractivity contribution in [3.8, 4) is 0 Å². The van der Waals surface area contributed by atoms with Gasteiger partial charge in [-0.3, -0.25) is 14.5 Å². The summed E-state index contributed by atoms with van der Waals surface area (Å²) >= 11 is 0. The Bertz CT molecular complexity index is 665. The third-order valence-electron chi connectivity index (χ3n) is 5.84. The van der Waals surface area contributed by atoms with Crippen molar-refractivity contribution in [2.75, 3.05) is 31.1 Å². The maximum atomic E-state index is 12.5. The number of hydrogen-bond donors (Lipinski definition) is 1. The number of anilines is 1. The number of benzene rings is 1.